The molecular weight excluding hydrogens is 337 g/mol. The predicted octanol–water partition coefficient (Wildman–Crippen LogP) is 3.17. The van der Waals surface area contributed by atoms with Crippen molar-refractivity contribution in [1.29, 1.82) is 0 Å². The molecule has 0 saturated heterocycles. The highest BCUT2D eigenvalue weighted by atomic mass is 19.1. The van der Waals surface area contributed by atoms with Crippen LogP contribution in [0, 0.1) is 26.6 Å². The van der Waals surface area contributed by atoms with Crippen molar-refractivity contribution in [3.63, 3.8) is 0 Å². The molecule has 6 heteroatoms. The fourth-order valence-corrected chi connectivity index (χ4v) is 3.07. The number of fused-ring (bicyclic) bond motifs is 1. The van der Waals surface area contributed by atoms with Crippen molar-refractivity contribution >= 4 is 11.9 Å². The van der Waals surface area contributed by atoms with Gasteiger partial charge < -0.3 is 15.2 Å². The summed E-state index contributed by atoms with van der Waals surface area (Å²) in [7, 11) is 0. The van der Waals surface area contributed by atoms with E-state index in [0.29, 0.717) is 16.9 Å². The standard InChI is InChI=1S/C20H20FNO4/c1-10-7-14-15(9-26-17(14)8-11(10)2)19(23)22-18(20(24)25)13-4-5-16(21)12(3)6-13/h4-8,15,18H,9H2,1-3H3,(H,22,23)(H,24,25). The number of ether oxygens (including phenoxy) is 1. The van der Waals surface area contributed by atoms with Crippen LogP contribution < -0.4 is 10.1 Å². The Morgan fingerprint density at radius 2 is 1.85 bits per heavy atom. The van der Waals surface area contributed by atoms with Crippen LogP contribution in [0.15, 0.2) is 30.3 Å². The Bertz CT molecular complexity index is 894. The van der Waals surface area contributed by atoms with E-state index in [0.717, 1.165) is 16.7 Å². The number of carbonyl (C=O) groups excluding carboxylic acids is 1. The first-order chi connectivity index (χ1) is 12.3. The van der Waals surface area contributed by atoms with Gasteiger partial charge in [0.25, 0.3) is 0 Å². The second kappa shape index (κ2) is 6.78. The van der Waals surface area contributed by atoms with E-state index in [-0.39, 0.29) is 6.61 Å². The van der Waals surface area contributed by atoms with E-state index in [2.05, 4.69) is 5.32 Å². The molecule has 2 atom stereocenters. The number of carboxylic acids is 1. The zero-order valence-electron chi connectivity index (χ0n) is 14.8. The molecule has 0 radical (unpaired) electrons. The Morgan fingerprint density at radius 1 is 1.15 bits per heavy atom. The normalized spacial score (nSPS) is 16.5. The Kier molecular flexibility index (Phi) is 4.68. The van der Waals surface area contributed by atoms with E-state index >= 15 is 0 Å². The van der Waals surface area contributed by atoms with E-state index in [1.54, 1.807) is 6.92 Å². The van der Waals surface area contributed by atoms with Crippen molar-refractivity contribution in [3.8, 4) is 5.75 Å². The molecule has 1 aliphatic rings. The molecule has 3 rings (SSSR count). The van der Waals surface area contributed by atoms with E-state index < -0.39 is 29.7 Å². The number of benzene rings is 2. The van der Waals surface area contributed by atoms with Crippen LogP contribution in [0.4, 0.5) is 4.39 Å². The van der Waals surface area contributed by atoms with E-state index in [9.17, 15) is 19.1 Å². The highest BCUT2D eigenvalue weighted by Gasteiger charge is 2.33. The zero-order valence-corrected chi connectivity index (χ0v) is 14.8. The first-order valence-corrected chi connectivity index (χ1v) is 8.31. The van der Waals surface area contributed by atoms with Gasteiger partial charge in [-0.15, -0.1) is 0 Å². The summed E-state index contributed by atoms with van der Waals surface area (Å²) in [4.78, 5) is 24.4. The number of nitrogens with one attached hydrogen (secondary N) is 1. The SMILES string of the molecule is Cc1cc2c(cc1C)C(C(=O)NC(C(=O)O)c1ccc(F)c(C)c1)CO2. The van der Waals surface area contributed by atoms with Crippen LogP contribution in [0.5, 0.6) is 5.75 Å². The smallest absolute Gasteiger partial charge is 0.330 e. The van der Waals surface area contributed by atoms with Crippen molar-refractivity contribution in [2.45, 2.75) is 32.7 Å². The minimum Gasteiger partial charge on any atom is -0.492 e. The second-order valence-electron chi connectivity index (χ2n) is 6.63. The third-order valence-electron chi connectivity index (χ3n) is 4.77. The minimum atomic E-state index is -1.25. The number of amides is 1. The van der Waals surface area contributed by atoms with Gasteiger partial charge in [0.2, 0.25) is 5.91 Å². The summed E-state index contributed by atoms with van der Waals surface area (Å²) in [5.41, 5.74) is 3.50. The van der Waals surface area contributed by atoms with Gasteiger partial charge in [0.15, 0.2) is 6.04 Å². The predicted molar refractivity (Wildman–Crippen MR) is 93.8 cm³/mol. The summed E-state index contributed by atoms with van der Waals surface area (Å²) in [5.74, 6) is -1.98. The highest BCUT2D eigenvalue weighted by Crippen LogP contribution is 2.36. The summed E-state index contributed by atoms with van der Waals surface area (Å²) in [6, 6.07) is 6.54. The van der Waals surface area contributed by atoms with Crippen LogP contribution in [-0.4, -0.2) is 23.6 Å². The maximum atomic E-state index is 13.5. The van der Waals surface area contributed by atoms with Gasteiger partial charge >= 0.3 is 5.97 Å². The monoisotopic (exact) mass is 357 g/mol. The molecule has 2 N–H and O–H groups in total. The Labute approximate surface area is 150 Å². The molecule has 1 amide bonds. The molecule has 2 aromatic rings. The van der Waals surface area contributed by atoms with Gasteiger partial charge in [-0.2, -0.15) is 0 Å². The van der Waals surface area contributed by atoms with Crippen molar-refractivity contribution in [1.82, 2.24) is 5.32 Å². The number of rotatable bonds is 4. The van der Waals surface area contributed by atoms with Crippen molar-refractivity contribution < 1.29 is 23.8 Å². The Morgan fingerprint density at radius 3 is 2.50 bits per heavy atom. The zero-order chi connectivity index (χ0) is 19.0. The molecule has 2 aromatic carbocycles. The molecule has 0 aromatic heterocycles. The second-order valence-corrected chi connectivity index (χ2v) is 6.63. The summed E-state index contributed by atoms with van der Waals surface area (Å²) >= 11 is 0. The minimum absolute atomic E-state index is 0.166. The maximum absolute atomic E-state index is 13.5. The van der Waals surface area contributed by atoms with Gasteiger partial charge in [-0.05, 0) is 55.2 Å². The third kappa shape index (κ3) is 3.27. The molecule has 5 nitrogen and oxygen atoms in total. The van der Waals surface area contributed by atoms with Crippen LogP contribution in [0.1, 0.15) is 39.8 Å². The number of aryl methyl sites for hydroxylation is 3. The average Bonchev–Trinajstić information content (AvgIpc) is 2.98. The molecule has 136 valence electrons. The molecule has 0 bridgehead atoms. The molecule has 0 aliphatic carbocycles. The first kappa shape index (κ1) is 17.9. The lowest BCUT2D eigenvalue weighted by atomic mass is 9.95. The van der Waals surface area contributed by atoms with E-state index in [1.807, 2.05) is 26.0 Å². The van der Waals surface area contributed by atoms with Gasteiger partial charge in [0.1, 0.15) is 24.1 Å². The summed E-state index contributed by atoms with van der Waals surface area (Å²) in [6.45, 7) is 5.62. The molecule has 1 aliphatic heterocycles. The maximum Gasteiger partial charge on any atom is 0.330 e. The fourth-order valence-electron chi connectivity index (χ4n) is 3.07. The molecular formula is C20H20FNO4. The molecule has 1 heterocycles. The Hall–Kier alpha value is -2.89. The molecule has 2 unspecified atom stereocenters. The molecule has 0 fully saturated rings. The molecule has 0 saturated carbocycles. The average molecular weight is 357 g/mol. The van der Waals surface area contributed by atoms with Crippen LogP contribution in [0.2, 0.25) is 0 Å². The van der Waals surface area contributed by atoms with Crippen LogP contribution >= 0.6 is 0 Å². The van der Waals surface area contributed by atoms with Crippen molar-refractivity contribution in [2.24, 2.45) is 0 Å². The molecule has 0 spiro atoms. The van der Waals surface area contributed by atoms with Gasteiger partial charge in [0.05, 0.1) is 0 Å². The summed E-state index contributed by atoms with van der Waals surface area (Å²) < 4.78 is 19.0. The fraction of sp³-hybridized carbons (Fsp3) is 0.300. The summed E-state index contributed by atoms with van der Waals surface area (Å²) in [6.07, 6.45) is 0. The highest BCUT2D eigenvalue weighted by molar-refractivity contribution is 5.90. The largest absolute Gasteiger partial charge is 0.492 e. The van der Waals surface area contributed by atoms with Crippen molar-refractivity contribution in [2.75, 3.05) is 6.61 Å². The van der Waals surface area contributed by atoms with Gasteiger partial charge in [-0.3, -0.25) is 4.79 Å². The van der Waals surface area contributed by atoms with Crippen LogP contribution in [0.3, 0.4) is 0 Å². The third-order valence-corrected chi connectivity index (χ3v) is 4.77. The van der Waals surface area contributed by atoms with Crippen molar-refractivity contribution in [3.05, 3.63) is 64.0 Å². The van der Waals surface area contributed by atoms with E-state index in [4.69, 9.17) is 4.74 Å². The number of halogens is 1. The van der Waals surface area contributed by atoms with Gasteiger partial charge in [-0.25, -0.2) is 9.18 Å². The lowest BCUT2D eigenvalue weighted by molar-refractivity contribution is -0.142. The Balaban J connectivity index is 1.85. The quantitative estimate of drug-likeness (QED) is 0.881. The lowest BCUT2D eigenvalue weighted by Crippen LogP contribution is -2.37. The number of hydrogen-bond acceptors (Lipinski definition) is 3. The molecule has 26 heavy (non-hydrogen) atoms. The first-order valence-electron chi connectivity index (χ1n) is 8.31. The topological polar surface area (TPSA) is 75.6 Å². The number of carbonyl (C=O) groups is 2. The number of carboxylic acid groups (broad SMARTS) is 1. The number of aliphatic carboxylic acids is 1. The van der Waals surface area contributed by atoms with Crippen LogP contribution in [0.25, 0.3) is 0 Å². The van der Waals surface area contributed by atoms with Gasteiger partial charge in [-0.1, -0.05) is 18.2 Å². The van der Waals surface area contributed by atoms with Gasteiger partial charge in [0, 0.05) is 5.56 Å². The van der Waals surface area contributed by atoms with Crippen LogP contribution in [-0.2, 0) is 9.59 Å². The summed E-state index contributed by atoms with van der Waals surface area (Å²) in [5, 5.41) is 12.1. The number of hydrogen-bond donors (Lipinski definition) is 2. The lowest BCUT2D eigenvalue weighted by Gasteiger charge is -2.18. The van der Waals surface area contributed by atoms with E-state index in [1.165, 1.54) is 18.2 Å².